The smallest absolute Gasteiger partial charge is 0.208 e. The van der Waals surface area contributed by atoms with Gasteiger partial charge in [-0.15, -0.1) is 0 Å². The average molecular weight is 411 g/mol. The molecule has 8 heteroatoms. The van der Waals surface area contributed by atoms with Gasteiger partial charge in [0.25, 0.3) is 0 Å². The maximum absolute atomic E-state index is 13.5. The summed E-state index contributed by atoms with van der Waals surface area (Å²) in [6.07, 6.45) is 2.42. The molecule has 1 atom stereocenters. The normalized spacial score (nSPS) is 12.7. The standard InChI is InChI=1S/C20H27FN2O4S/c1-28(25,26)23-14-18(15-24)22-13-16-8-10-19(11-9-16)27-12-4-6-17-5-2-3-7-20(17)21/h2-3,5,7-11,18,22-24H,4,6,12-15H2,1H3. The van der Waals surface area contributed by atoms with Crippen molar-refractivity contribution < 1.29 is 22.7 Å². The fourth-order valence-electron chi connectivity index (χ4n) is 2.57. The van der Waals surface area contributed by atoms with Crippen LogP contribution in [0.15, 0.2) is 48.5 Å². The predicted molar refractivity (Wildman–Crippen MR) is 107 cm³/mol. The Bertz CT molecular complexity index is 828. The molecule has 0 bridgehead atoms. The van der Waals surface area contributed by atoms with Gasteiger partial charge in [-0.1, -0.05) is 30.3 Å². The predicted octanol–water partition coefficient (Wildman–Crippen LogP) is 1.84. The molecule has 2 aromatic carbocycles. The van der Waals surface area contributed by atoms with Crippen LogP contribution in [0.1, 0.15) is 17.5 Å². The number of halogens is 1. The van der Waals surface area contributed by atoms with Gasteiger partial charge in [0.05, 0.1) is 19.5 Å². The summed E-state index contributed by atoms with van der Waals surface area (Å²) in [5, 5.41) is 12.4. The van der Waals surface area contributed by atoms with Crippen LogP contribution in [0.3, 0.4) is 0 Å². The third-order valence-corrected chi connectivity index (χ3v) is 4.84. The highest BCUT2D eigenvalue weighted by atomic mass is 32.2. The van der Waals surface area contributed by atoms with E-state index in [1.54, 1.807) is 12.1 Å². The summed E-state index contributed by atoms with van der Waals surface area (Å²) >= 11 is 0. The van der Waals surface area contributed by atoms with Crippen LogP contribution in [0.25, 0.3) is 0 Å². The highest BCUT2D eigenvalue weighted by Crippen LogP contribution is 2.14. The molecule has 2 rings (SSSR count). The lowest BCUT2D eigenvalue weighted by Gasteiger charge is -2.16. The first-order valence-electron chi connectivity index (χ1n) is 9.11. The fraction of sp³-hybridized carbons (Fsp3) is 0.400. The number of sulfonamides is 1. The molecule has 2 aromatic rings. The molecule has 28 heavy (non-hydrogen) atoms. The van der Waals surface area contributed by atoms with Crippen molar-refractivity contribution in [1.82, 2.24) is 10.0 Å². The number of hydrogen-bond acceptors (Lipinski definition) is 5. The molecule has 0 aliphatic carbocycles. The monoisotopic (exact) mass is 410 g/mol. The molecule has 0 fully saturated rings. The van der Waals surface area contributed by atoms with E-state index < -0.39 is 10.0 Å². The molecule has 3 N–H and O–H groups in total. The molecule has 0 aliphatic heterocycles. The molecule has 0 spiro atoms. The van der Waals surface area contributed by atoms with Crippen molar-refractivity contribution in [2.24, 2.45) is 0 Å². The second kappa shape index (κ2) is 11.1. The van der Waals surface area contributed by atoms with Gasteiger partial charge in [-0.05, 0) is 42.2 Å². The third kappa shape index (κ3) is 8.35. The van der Waals surface area contributed by atoms with Gasteiger partial charge in [0.15, 0.2) is 0 Å². The minimum Gasteiger partial charge on any atom is -0.494 e. The SMILES string of the molecule is CS(=O)(=O)NCC(CO)NCc1ccc(OCCCc2ccccc2F)cc1. The number of nitrogens with one attached hydrogen (secondary N) is 2. The van der Waals surface area contributed by atoms with E-state index in [0.29, 0.717) is 25.1 Å². The van der Waals surface area contributed by atoms with Crippen molar-refractivity contribution in [3.63, 3.8) is 0 Å². The summed E-state index contributed by atoms with van der Waals surface area (Å²) in [4.78, 5) is 0. The molecule has 0 amide bonds. The lowest BCUT2D eigenvalue weighted by molar-refractivity contribution is 0.242. The number of rotatable bonds is 12. The van der Waals surface area contributed by atoms with E-state index in [-0.39, 0.29) is 25.0 Å². The Balaban J connectivity index is 1.71. The molecule has 154 valence electrons. The van der Waals surface area contributed by atoms with Gasteiger partial charge >= 0.3 is 0 Å². The summed E-state index contributed by atoms with van der Waals surface area (Å²) in [6.45, 7) is 0.935. The second-order valence-corrected chi connectivity index (χ2v) is 8.40. The highest BCUT2D eigenvalue weighted by molar-refractivity contribution is 7.88. The average Bonchev–Trinajstić information content (AvgIpc) is 2.67. The van der Waals surface area contributed by atoms with E-state index in [4.69, 9.17) is 4.74 Å². The van der Waals surface area contributed by atoms with E-state index in [0.717, 1.165) is 24.0 Å². The van der Waals surface area contributed by atoms with Crippen molar-refractivity contribution in [3.8, 4) is 5.75 Å². The zero-order chi connectivity index (χ0) is 20.4. The number of ether oxygens (including phenoxy) is 1. The van der Waals surface area contributed by atoms with Crippen LogP contribution in [0.2, 0.25) is 0 Å². The van der Waals surface area contributed by atoms with E-state index in [2.05, 4.69) is 10.0 Å². The van der Waals surface area contributed by atoms with Gasteiger partial charge in [-0.3, -0.25) is 0 Å². The van der Waals surface area contributed by atoms with Crippen LogP contribution >= 0.6 is 0 Å². The highest BCUT2D eigenvalue weighted by Gasteiger charge is 2.10. The van der Waals surface area contributed by atoms with Crippen LogP contribution in [0, 0.1) is 5.82 Å². The molecule has 0 radical (unpaired) electrons. The summed E-state index contributed by atoms with van der Waals surface area (Å²) in [6, 6.07) is 13.9. The summed E-state index contributed by atoms with van der Waals surface area (Å²) < 4.78 is 43.8. The van der Waals surface area contributed by atoms with Crippen LogP contribution in [0.5, 0.6) is 5.75 Å². The van der Waals surface area contributed by atoms with Crippen molar-refractivity contribution in [2.45, 2.75) is 25.4 Å². The first-order valence-corrected chi connectivity index (χ1v) is 11.0. The van der Waals surface area contributed by atoms with Crippen molar-refractivity contribution in [3.05, 3.63) is 65.5 Å². The number of hydrogen-bond donors (Lipinski definition) is 3. The number of benzene rings is 2. The number of aryl methyl sites for hydroxylation is 1. The Morgan fingerprint density at radius 2 is 1.86 bits per heavy atom. The van der Waals surface area contributed by atoms with Gasteiger partial charge in [0, 0.05) is 19.1 Å². The zero-order valence-corrected chi connectivity index (χ0v) is 16.7. The van der Waals surface area contributed by atoms with Gasteiger partial charge in [0.1, 0.15) is 11.6 Å². The Morgan fingerprint density at radius 1 is 1.14 bits per heavy atom. The molecular formula is C20H27FN2O4S. The molecule has 0 saturated carbocycles. The lowest BCUT2D eigenvalue weighted by atomic mass is 10.1. The quantitative estimate of drug-likeness (QED) is 0.465. The topological polar surface area (TPSA) is 87.7 Å². The Hall–Kier alpha value is -2.00. The second-order valence-electron chi connectivity index (χ2n) is 6.57. The Labute approximate surface area is 165 Å². The van der Waals surface area contributed by atoms with E-state index in [9.17, 15) is 17.9 Å². The van der Waals surface area contributed by atoms with Crippen LogP contribution < -0.4 is 14.8 Å². The first kappa shape index (κ1) is 22.3. The maximum Gasteiger partial charge on any atom is 0.208 e. The first-order chi connectivity index (χ1) is 13.4. The van der Waals surface area contributed by atoms with Gasteiger partial charge in [0.2, 0.25) is 10.0 Å². The molecule has 0 aromatic heterocycles. The molecule has 1 unspecified atom stereocenters. The minimum atomic E-state index is -3.29. The third-order valence-electron chi connectivity index (χ3n) is 4.15. The van der Waals surface area contributed by atoms with Crippen LogP contribution in [0.4, 0.5) is 4.39 Å². The Kier molecular flexibility index (Phi) is 8.85. The van der Waals surface area contributed by atoms with Crippen LogP contribution in [-0.2, 0) is 23.0 Å². The fourth-order valence-corrected chi connectivity index (χ4v) is 3.08. The summed E-state index contributed by atoms with van der Waals surface area (Å²) in [7, 11) is -3.29. The number of aliphatic hydroxyl groups excluding tert-OH is 1. The van der Waals surface area contributed by atoms with Crippen molar-refractivity contribution in [2.75, 3.05) is 26.0 Å². The number of aliphatic hydroxyl groups is 1. The van der Waals surface area contributed by atoms with E-state index in [1.165, 1.54) is 6.07 Å². The molecule has 0 heterocycles. The van der Waals surface area contributed by atoms with Crippen LogP contribution in [-0.4, -0.2) is 45.6 Å². The molecule has 0 aliphatic rings. The molecule has 6 nitrogen and oxygen atoms in total. The van der Waals surface area contributed by atoms with E-state index in [1.807, 2.05) is 30.3 Å². The summed E-state index contributed by atoms with van der Waals surface area (Å²) in [5.41, 5.74) is 1.67. The van der Waals surface area contributed by atoms with Crippen molar-refractivity contribution >= 4 is 10.0 Å². The van der Waals surface area contributed by atoms with Gasteiger partial charge in [-0.25, -0.2) is 17.5 Å². The summed E-state index contributed by atoms with van der Waals surface area (Å²) in [5.74, 6) is 0.544. The maximum atomic E-state index is 13.5. The van der Waals surface area contributed by atoms with Gasteiger partial charge in [-0.2, -0.15) is 0 Å². The molecular weight excluding hydrogens is 383 g/mol. The lowest BCUT2D eigenvalue weighted by Crippen LogP contribution is -2.42. The van der Waals surface area contributed by atoms with E-state index >= 15 is 0 Å². The Morgan fingerprint density at radius 3 is 2.50 bits per heavy atom. The zero-order valence-electron chi connectivity index (χ0n) is 15.9. The van der Waals surface area contributed by atoms with Gasteiger partial charge < -0.3 is 15.2 Å². The minimum absolute atomic E-state index is 0.124. The van der Waals surface area contributed by atoms with Crippen molar-refractivity contribution in [1.29, 1.82) is 0 Å². The molecule has 0 saturated heterocycles. The largest absolute Gasteiger partial charge is 0.494 e.